The van der Waals surface area contributed by atoms with Gasteiger partial charge < -0.3 is 10.2 Å². The number of carboxylic acids is 2. The molecular formula is C12H24MgO4. The SMILES string of the molecule is CCCCCC(C(=O)O)(C(=O)O)C(C)(C)C.[MgH2]. The minimum atomic E-state index is -1.68. The number of carboxylic acid groups (broad SMARTS) is 2. The van der Waals surface area contributed by atoms with Crippen LogP contribution < -0.4 is 0 Å². The molecule has 0 aliphatic heterocycles. The van der Waals surface area contributed by atoms with Gasteiger partial charge in [0.1, 0.15) is 0 Å². The van der Waals surface area contributed by atoms with Gasteiger partial charge in [-0.2, -0.15) is 0 Å². The molecule has 4 nitrogen and oxygen atoms in total. The molecule has 0 amide bonds. The Morgan fingerprint density at radius 3 is 1.65 bits per heavy atom. The Hall–Kier alpha value is -0.294. The van der Waals surface area contributed by atoms with Gasteiger partial charge in [-0.25, -0.2) is 0 Å². The van der Waals surface area contributed by atoms with Gasteiger partial charge in [0.05, 0.1) is 0 Å². The van der Waals surface area contributed by atoms with Crippen LogP contribution in [0, 0.1) is 10.8 Å². The zero-order chi connectivity index (χ0) is 13.0. The number of hydrogen-bond acceptors (Lipinski definition) is 2. The van der Waals surface area contributed by atoms with Gasteiger partial charge in [0, 0.05) is 0 Å². The third kappa shape index (κ3) is 4.14. The molecule has 0 aliphatic carbocycles. The van der Waals surface area contributed by atoms with Crippen molar-refractivity contribution in [2.45, 2.75) is 53.4 Å². The number of rotatable bonds is 6. The molecule has 5 heteroatoms. The van der Waals surface area contributed by atoms with Crippen LogP contribution in [0.2, 0.25) is 0 Å². The lowest BCUT2D eigenvalue weighted by atomic mass is 9.64. The smallest absolute Gasteiger partial charge is 0.321 e. The summed E-state index contributed by atoms with van der Waals surface area (Å²) in [4.78, 5) is 22.6. The number of unbranched alkanes of at least 4 members (excludes halogenated alkanes) is 2. The van der Waals surface area contributed by atoms with Crippen LogP contribution in [0.1, 0.15) is 53.4 Å². The summed E-state index contributed by atoms with van der Waals surface area (Å²) < 4.78 is 0. The monoisotopic (exact) mass is 256 g/mol. The third-order valence-electron chi connectivity index (χ3n) is 3.17. The standard InChI is InChI=1S/C12H22O4.Mg.2H/c1-5-6-7-8-12(9(13)14,10(15)16)11(2,3)4;;;/h5-8H2,1-4H3,(H,13,14)(H,15,16);;;. The first-order chi connectivity index (χ1) is 7.20. The zero-order valence-corrected chi connectivity index (χ0v) is 10.5. The van der Waals surface area contributed by atoms with E-state index in [1.165, 1.54) is 0 Å². The summed E-state index contributed by atoms with van der Waals surface area (Å²) in [6, 6.07) is 0. The normalized spacial score (nSPS) is 11.8. The van der Waals surface area contributed by atoms with Crippen LogP contribution in [0.5, 0.6) is 0 Å². The molecule has 0 heterocycles. The maximum Gasteiger partial charge on any atom is 0.321 e. The maximum absolute atomic E-state index is 11.3. The molecule has 0 aromatic rings. The summed E-state index contributed by atoms with van der Waals surface area (Å²) in [5, 5.41) is 18.5. The Morgan fingerprint density at radius 2 is 1.41 bits per heavy atom. The Labute approximate surface area is 119 Å². The van der Waals surface area contributed by atoms with Crippen molar-refractivity contribution >= 4 is 35.0 Å². The maximum atomic E-state index is 11.3. The second-order valence-electron chi connectivity index (χ2n) is 5.22. The van der Waals surface area contributed by atoms with Crippen LogP contribution in [0.25, 0.3) is 0 Å². The summed E-state index contributed by atoms with van der Waals surface area (Å²) in [5.74, 6) is -2.47. The largest absolute Gasteiger partial charge is 0.480 e. The van der Waals surface area contributed by atoms with Crippen molar-refractivity contribution in [1.82, 2.24) is 0 Å². The quantitative estimate of drug-likeness (QED) is 0.432. The molecule has 98 valence electrons. The molecule has 2 N–H and O–H groups in total. The fourth-order valence-electron chi connectivity index (χ4n) is 1.96. The van der Waals surface area contributed by atoms with Gasteiger partial charge in [0.15, 0.2) is 5.41 Å². The van der Waals surface area contributed by atoms with Gasteiger partial charge in [-0.05, 0) is 11.8 Å². The fraction of sp³-hybridized carbons (Fsp3) is 0.833. The van der Waals surface area contributed by atoms with Crippen molar-refractivity contribution in [2.24, 2.45) is 10.8 Å². The molecule has 0 unspecified atom stereocenters. The first-order valence-corrected chi connectivity index (χ1v) is 5.67. The predicted molar refractivity (Wildman–Crippen MR) is 69.8 cm³/mol. The first-order valence-electron chi connectivity index (χ1n) is 5.67. The van der Waals surface area contributed by atoms with Gasteiger partial charge >= 0.3 is 35.0 Å². The minimum Gasteiger partial charge on any atom is -0.480 e. The van der Waals surface area contributed by atoms with Crippen LogP contribution in [-0.2, 0) is 9.59 Å². The van der Waals surface area contributed by atoms with Gasteiger partial charge in [0.2, 0.25) is 0 Å². The molecule has 17 heavy (non-hydrogen) atoms. The van der Waals surface area contributed by atoms with Gasteiger partial charge in [-0.1, -0.05) is 47.0 Å². The second kappa shape index (κ2) is 7.21. The Balaban J connectivity index is 0. The van der Waals surface area contributed by atoms with E-state index in [2.05, 4.69) is 0 Å². The molecule has 0 radical (unpaired) electrons. The zero-order valence-electron chi connectivity index (χ0n) is 10.5. The molecule has 0 aromatic heterocycles. The van der Waals surface area contributed by atoms with Crippen molar-refractivity contribution < 1.29 is 19.8 Å². The molecule has 0 atom stereocenters. The van der Waals surface area contributed by atoms with Gasteiger partial charge in [-0.15, -0.1) is 0 Å². The van der Waals surface area contributed by atoms with E-state index in [-0.39, 0.29) is 29.5 Å². The molecule has 0 aromatic carbocycles. The summed E-state index contributed by atoms with van der Waals surface area (Å²) >= 11 is 0. The molecule has 0 rings (SSSR count). The van der Waals surface area contributed by atoms with Crippen LogP contribution >= 0.6 is 0 Å². The van der Waals surface area contributed by atoms with Crippen molar-refractivity contribution in [1.29, 1.82) is 0 Å². The lowest BCUT2D eigenvalue weighted by molar-refractivity contribution is -0.174. The lowest BCUT2D eigenvalue weighted by Crippen LogP contribution is -2.49. The minimum absolute atomic E-state index is 0. The number of aliphatic carboxylic acids is 2. The van der Waals surface area contributed by atoms with Gasteiger partial charge in [-0.3, -0.25) is 9.59 Å². The van der Waals surface area contributed by atoms with E-state index in [0.29, 0.717) is 6.42 Å². The van der Waals surface area contributed by atoms with Crippen LogP contribution in [0.15, 0.2) is 0 Å². The lowest BCUT2D eigenvalue weighted by Gasteiger charge is -2.37. The summed E-state index contributed by atoms with van der Waals surface area (Å²) in [5.41, 5.74) is -2.47. The van der Waals surface area contributed by atoms with Crippen LogP contribution in [0.3, 0.4) is 0 Å². The molecule has 0 fully saturated rings. The van der Waals surface area contributed by atoms with Crippen molar-refractivity contribution in [3.05, 3.63) is 0 Å². The van der Waals surface area contributed by atoms with E-state index in [9.17, 15) is 19.8 Å². The van der Waals surface area contributed by atoms with E-state index >= 15 is 0 Å². The topological polar surface area (TPSA) is 74.6 Å². The van der Waals surface area contributed by atoms with Crippen LogP contribution in [0.4, 0.5) is 0 Å². The first kappa shape index (κ1) is 19.1. The Morgan fingerprint density at radius 1 is 1.00 bits per heavy atom. The van der Waals surface area contributed by atoms with E-state index < -0.39 is 22.8 Å². The summed E-state index contributed by atoms with van der Waals surface area (Å²) in [6.07, 6.45) is 2.62. The molecule has 0 bridgehead atoms. The second-order valence-corrected chi connectivity index (χ2v) is 5.22. The molecule has 0 saturated carbocycles. The highest BCUT2D eigenvalue weighted by Gasteiger charge is 2.54. The van der Waals surface area contributed by atoms with E-state index in [1.54, 1.807) is 20.8 Å². The molecular weight excluding hydrogens is 232 g/mol. The number of hydrogen-bond donors (Lipinski definition) is 2. The fourth-order valence-corrected chi connectivity index (χ4v) is 1.96. The van der Waals surface area contributed by atoms with Crippen LogP contribution in [-0.4, -0.2) is 45.2 Å². The average molecular weight is 257 g/mol. The van der Waals surface area contributed by atoms with E-state index in [4.69, 9.17) is 0 Å². The van der Waals surface area contributed by atoms with E-state index in [0.717, 1.165) is 12.8 Å². The Kier molecular flexibility index (Phi) is 8.08. The van der Waals surface area contributed by atoms with Crippen molar-refractivity contribution in [3.8, 4) is 0 Å². The van der Waals surface area contributed by atoms with E-state index in [1.807, 2.05) is 6.92 Å². The Bertz CT molecular complexity index is 254. The van der Waals surface area contributed by atoms with Gasteiger partial charge in [0.25, 0.3) is 0 Å². The predicted octanol–water partition coefficient (Wildman–Crippen LogP) is 1.85. The highest BCUT2D eigenvalue weighted by atomic mass is 24.3. The summed E-state index contributed by atoms with van der Waals surface area (Å²) in [7, 11) is 0. The summed E-state index contributed by atoms with van der Waals surface area (Å²) in [6.45, 7) is 7.00. The third-order valence-corrected chi connectivity index (χ3v) is 3.17. The number of carbonyl (C=O) groups is 2. The molecule has 0 saturated heterocycles. The average Bonchev–Trinajstić information content (AvgIpc) is 2.08. The highest BCUT2D eigenvalue weighted by Crippen LogP contribution is 2.43. The van der Waals surface area contributed by atoms with Crippen molar-refractivity contribution in [3.63, 3.8) is 0 Å². The van der Waals surface area contributed by atoms with Crippen molar-refractivity contribution in [2.75, 3.05) is 0 Å². The molecule has 0 aliphatic rings. The highest BCUT2D eigenvalue weighted by molar-refractivity contribution is 5.99. The molecule has 0 spiro atoms.